The molecule has 2 aliphatic heterocycles. The number of anilines is 1. The predicted octanol–water partition coefficient (Wildman–Crippen LogP) is 4.19. The Morgan fingerprint density at radius 1 is 1.11 bits per heavy atom. The van der Waals surface area contributed by atoms with Crippen molar-refractivity contribution < 1.29 is 18.3 Å². The Labute approximate surface area is 213 Å². The minimum Gasteiger partial charge on any atom is -0.381 e. The second-order valence-corrected chi connectivity index (χ2v) is 10.1. The van der Waals surface area contributed by atoms with Gasteiger partial charge in [-0.25, -0.2) is 18.7 Å². The van der Waals surface area contributed by atoms with Gasteiger partial charge in [0.2, 0.25) is 5.91 Å². The van der Waals surface area contributed by atoms with Gasteiger partial charge in [0.15, 0.2) is 0 Å². The molecular formula is C28H27F2N5O2. The Morgan fingerprint density at radius 3 is 2.70 bits per heavy atom. The largest absolute Gasteiger partial charge is 0.381 e. The Morgan fingerprint density at radius 2 is 1.97 bits per heavy atom. The third-order valence-electron chi connectivity index (χ3n) is 7.85. The van der Waals surface area contributed by atoms with E-state index in [4.69, 9.17) is 4.74 Å². The number of fused-ring (bicyclic) bond motifs is 1. The fourth-order valence-electron chi connectivity index (χ4n) is 5.55. The van der Waals surface area contributed by atoms with Gasteiger partial charge in [-0.05, 0) is 67.2 Å². The van der Waals surface area contributed by atoms with Crippen LogP contribution in [0.25, 0.3) is 10.8 Å². The highest BCUT2D eigenvalue weighted by Crippen LogP contribution is 2.56. The van der Waals surface area contributed by atoms with Crippen LogP contribution in [0.2, 0.25) is 0 Å². The highest BCUT2D eigenvalue weighted by molar-refractivity contribution is 5.97. The van der Waals surface area contributed by atoms with Crippen molar-refractivity contribution in [2.45, 2.75) is 38.0 Å². The monoisotopic (exact) mass is 503 g/mol. The zero-order valence-electron chi connectivity index (χ0n) is 20.3. The van der Waals surface area contributed by atoms with Gasteiger partial charge >= 0.3 is 0 Å². The molecule has 2 saturated heterocycles. The van der Waals surface area contributed by atoms with E-state index in [1.807, 2.05) is 18.3 Å². The lowest BCUT2D eigenvalue weighted by Gasteiger charge is -2.21. The first-order chi connectivity index (χ1) is 18.0. The molecule has 3 fully saturated rings. The van der Waals surface area contributed by atoms with Crippen molar-refractivity contribution in [3.8, 4) is 11.8 Å². The molecule has 1 aliphatic carbocycles. The van der Waals surface area contributed by atoms with E-state index in [0.717, 1.165) is 52.0 Å². The molecule has 6 rings (SSSR count). The second-order valence-electron chi connectivity index (χ2n) is 10.1. The van der Waals surface area contributed by atoms with Crippen molar-refractivity contribution in [1.29, 1.82) is 0 Å². The van der Waals surface area contributed by atoms with Crippen LogP contribution in [0.5, 0.6) is 0 Å². The molecule has 9 heteroatoms. The number of ether oxygens (including phenoxy) is 1. The van der Waals surface area contributed by atoms with Crippen molar-refractivity contribution in [2.75, 3.05) is 31.6 Å². The van der Waals surface area contributed by atoms with Crippen LogP contribution in [0.1, 0.15) is 60.5 Å². The lowest BCUT2D eigenvalue weighted by molar-refractivity contribution is -0.118. The van der Waals surface area contributed by atoms with Crippen LogP contribution in [0.4, 0.5) is 14.6 Å². The lowest BCUT2D eigenvalue weighted by Crippen LogP contribution is -2.21. The number of aromatic nitrogens is 3. The van der Waals surface area contributed by atoms with Crippen molar-refractivity contribution >= 4 is 22.5 Å². The van der Waals surface area contributed by atoms with Gasteiger partial charge in [-0.1, -0.05) is 12.0 Å². The molecule has 1 saturated carbocycles. The summed E-state index contributed by atoms with van der Waals surface area (Å²) in [7, 11) is 0. The average molecular weight is 504 g/mol. The number of halogens is 2. The van der Waals surface area contributed by atoms with Crippen molar-refractivity contribution in [2.24, 2.45) is 11.3 Å². The Bertz CT molecular complexity index is 1390. The molecule has 5 heterocycles. The third kappa shape index (κ3) is 4.79. The second kappa shape index (κ2) is 9.77. The molecule has 1 spiro atoms. The summed E-state index contributed by atoms with van der Waals surface area (Å²) >= 11 is 0. The zero-order chi connectivity index (χ0) is 25.4. The maximum absolute atomic E-state index is 13.6. The summed E-state index contributed by atoms with van der Waals surface area (Å²) in [6.07, 6.45) is 5.58. The van der Waals surface area contributed by atoms with Crippen molar-refractivity contribution in [1.82, 2.24) is 20.3 Å². The molecule has 1 amide bonds. The predicted molar refractivity (Wildman–Crippen MR) is 134 cm³/mol. The molecule has 0 bridgehead atoms. The number of carbonyl (C=O) groups excluding carboxylic acids is 1. The van der Waals surface area contributed by atoms with E-state index in [9.17, 15) is 13.6 Å². The highest BCUT2D eigenvalue weighted by atomic mass is 19.3. The fourth-order valence-corrected chi connectivity index (χ4v) is 5.55. The molecular weight excluding hydrogens is 476 g/mol. The molecule has 190 valence electrons. The van der Waals surface area contributed by atoms with E-state index in [2.05, 4.69) is 37.4 Å². The van der Waals surface area contributed by atoms with E-state index >= 15 is 0 Å². The van der Waals surface area contributed by atoms with Gasteiger partial charge < -0.3 is 15.4 Å². The highest BCUT2D eigenvalue weighted by Gasteiger charge is 2.59. The summed E-state index contributed by atoms with van der Waals surface area (Å²) in [5.74, 6) is 6.68. The normalized spacial score (nSPS) is 23.3. The quantitative estimate of drug-likeness (QED) is 0.519. The zero-order valence-corrected chi connectivity index (χ0v) is 20.3. The first-order valence-electron chi connectivity index (χ1n) is 12.7. The topological polar surface area (TPSA) is 89.0 Å². The lowest BCUT2D eigenvalue weighted by atomic mass is 9.93. The summed E-state index contributed by atoms with van der Waals surface area (Å²) in [5.41, 5.74) is 1.91. The Kier molecular flexibility index (Phi) is 6.31. The van der Waals surface area contributed by atoms with Crippen LogP contribution in [0, 0.1) is 23.2 Å². The average Bonchev–Trinajstić information content (AvgIpc) is 3.44. The molecule has 3 aromatic rings. The van der Waals surface area contributed by atoms with Gasteiger partial charge in [-0.2, -0.15) is 0 Å². The van der Waals surface area contributed by atoms with Crippen LogP contribution < -0.4 is 10.6 Å². The molecule has 3 aromatic heterocycles. The fraction of sp³-hybridized carbons (Fsp3) is 0.429. The van der Waals surface area contributed by atoms with Gasteiger partial charge in [0.25, 0.3) is 6.43 Å². The summed E-state index contributed by atoms with van der Waals surface area (Å²) in [4.78, 5) is 25.5. The molecule has 0 aromatic carbocycles. The number of rotatable bonds is 4. The van der Waals surface area contributed by atoms with Gasteiger partial charge in [0.05, 0.1) is 5.56 Å². The molecule has 0 radical (unpaired) electrons. The SMILES string of the molecule is O=C(Nc1cc2c(C#Cc3ccc(C4CCOCC4)cn3)cnc(C(F)F)c2cn1)C1CC12CCNC2. The maximum Gasteiger partial charge on any atom is 0.281 e. The molecule has 2 N–H and O–H groups in total. The standard InChI is InChI=1S/C28H27F2N5O2/c29-26(30)25-22-15-33-24(35-27(36)23-12-28(23)7-8-31-16-28)11-21(22)19(14-34-25)2-4-20-3-1-18(13-32-20)17-5-9-37-10-6-17/h1,3,11,13-15,17,23,26,31H,5-10,12,16H2,(H,33,35,36). The molecule has 3 aliphatic rings. The van der Waals surface area contributed by atoms with Crippen LogP contribution in [-0.2, 0) is 9.53 Å². The number of alkyl halides is 2. The van der Waals surface area contributed by atoms with Gasteiger partial charge in [0.1, 0.15) is 17.2 Å². The minimum atomic E-state index is -2.76. The minimum absolute atomic E-state index is 0.0523. The Hall–Kier alpha value is -3.48. The first-order valence-corrected chi connectivity index (χ1v) is 12.7. The number of nitrogens with zero attached hydrogens (tertiary/aromatic N) is 3. The van der Waals surface area contributed by atoms with E-state index in [1.54, 1.807) is 6.07 Å². The van der Waals surface area contributed by atoms with Crippen LogP contribution in [0.15, 0.2) is 36.8 Å². The number of hydrogen-bond donors (Lipinski definition) is 2. The van der Waals surface area contributed by atoms with E-state index in [0.29, 0.717) is 28.4 Å². The number of nitrogens with one attached hydrogen (secondary N) is 2. The third-order valence-corrected chi connectivity index (χ3v) is 7.85. The number of carbonyl (C=O) groups is 1. The Balaban J connectivity index is 1.26. The van der Waals surface area contributed by atoms with E-state index in [-0.39, 0.29) is 28.3 Å². The molecule has 2 unspecified atom stereocenters. The summed E-state index contributed by atoms with van der Waals surface area (Å²) in [6, 6.07) is 5.51. The van der Waals surface area contributed by atoms with E-state index in [1.165, 1.54) is 18.0 Å². The summed E-state index contributed by atoms with van der Waals surface area (Å²) in [6.45, 7) is 3.30. The maximum atomic E-state index is 13.6. The van der Waals surface area contributed by atoms with Crippen LogP contribution >= 0.6 is 0 Å². The van der Waals surface area contributed by atoms with E-state index < -0.39 is 6.43 Å². The van der Waals surface area contributed by atoms with Crippen molar-refractivity contribution in [3.63, 3.8) is 0 Å². The van der Waals surface area contributed by atoms with Crippen LogP contribution in [0.3, 0.4) is 0 Å². The van der Waals surface area contributed by atoms with Gasteiger partial charge in [-0.15, -0.1) is 0 Å². The van der Waals surface area contributed by atoms with Crippen molar-refractivity contribution in [3.05, 3.63) is 59.3 Å². The molecule has 7 nitrogen and oxygen atoms in total. The van der Waals surface area contributed by atoms with Crippen LogP contribution in [-0.4, -0.2) is 47.2 Å². The van der Waals surface area contributed by atoms with Gasteiger partial charge in [0, 0.05) is 55.0 Å². The summed E-state index contributed by atoms with van der Waals surface area (Å²) < 4.78 is 32.7. The molecule has 2 atom stereocenters. The summed E-state index contributed by atoms with van der Waals surface area (Å²) in [5, 5.41) is 6.88. The number of amides is 1. The van der Waals surface area contributed by atoms with Gasteiger partial charge in [-0.3, -0.25) is 9.78 Å². The first kappa shape index (κ1) is 23.9. The molecule has 37 heavy (non-hydrogen) atoms. The smallest absolute Gasteiger partial charge is 0.281 e. The number of pyridine rings is 3. The number of hydrogen-bond acceptors (Lipinski definition) is 6.